The Morgan fingerprint density at radius 2 is 2.00 bits per heavy atom. The molecule has 1 aromatic carbocycles. The summed E-state index contributed by atoms with van der Waals surface area (Å²) in [4.78, 5) is 1.98. The Balaban J connectivity index is 2.47. The molecule has 0 saturated carbocycles. The van der Waals surface area contributed by atoms with E-state index in [9.17, 15) is 10.5 Å². The molecule has 122 valence electrons. The molecule has 3 N–H and O–H groups in total. The summed E-state index contributed by atoms with van der Waals surface area (Å²) < 4.78 is 1.33. The maximum atomic E-state index is 9.46. The lowest BCUT2D eigenvalue weighted by molar-refractivity contribution is 0.270. The summed E-state index contributed by atoms with van der Waals surface area (Å²) in [7, 11) is 3.89. The highest BCUT2D eigenvalue weighted by molar-refractivity contribution is 5.91. The SMILES string of the molecule is CN(C)c1ccc(C=C(C#N)c2nn(CCO)c(N)c2C#N)cc1. The number of nitrogens with zero attached hydrogens (tertiary/aromatic N) is 5. The number of nitrogen functional groups attached to an aromatic ring is 1. The van der Waals surface area contributed by atoms with Crippen molar-refractivity contribution in [3.8, 4) is 12.1 Å². The average molecular weight is 322 g/mol. The highest BCUT2D eigenvalue weighted by atomic mass is 16.3. The maximum Gasteiger partial charge on any atom is 0.140 e. The van der Waals surface area contributed by atoms with Crippen molar-refractivity contribution in [1.82, 2.24) is 9.78 Å². The van der Waals surface area contributed by atoms with Gasteiger partial charge in [-0.05, 0) is 23.8 Å². The number of aliphatic hydroxyl groups is 1. The molecule has 0 aliphatic rings. The molecule has 0 fully saturated rings. The van der Waals surface area contributed by atoms with Crippen LogP contribution in [0.25, 0.3) is 11.6 Å². The number of nitriles is 2. The zero-order valence-electron chi connectivity index (χ0n) is 13.6. The van der Waals surface area contributed by atoms with Crippen molar-refractivity contribution < 1.29 is 5.11 Å². The quantitative estimate of drug-likeness (QED) is 0.805. The van der Waals surface area contributed by atoms with E-state index in [4.69, 9.17) is 10.8 Å². The van der Waals surface area contributed by atoms with E-state index in [0.29, 0.717) is 0 Å². The summed E-state index contributed by atoms with van der Waals surface area (Å²) in [6, 6.07) is 11.7. The number of allylic oxidation sites excluding steroid dienone is 1. The van der Waals surface area contributed by atoms with Crippen LogP contribution in [0.4, 0.5) is 11.5 Å². The standard InChI is InChI=1S/C17H18N6O/c1-22(2)14-5-3-12(4-6-14)9-13(10-18)16-15(11-19)17(20)23(21-16)7-8-24/h3-6,9,24H,7-8,20H2,1-2H3. The molecule has 0 atom stereocenters. The average Bonchev–Trinajstić information content (AvgIpc) is 2.89. The van der Waals surface area contributed by atoms with Crippen molar-refractivity contribution in [2.45, 2.75) is 6.54 Å². The van der Waals surface area contributed by atoms with Crippen molar-refractivity contribution in [2.75, 3.05) is 31.3 Å². The minimum Gasteiger partial charge on any atom is -0.394 e. The lowest BCUT2D eigenvalue weighted by Crippen LogP contribution is -2.08. The number of rotatable bonds is 5. The topological polar surface area (TPSA) is 115 Å². The number of nitrogens with two attached hydrogens (primary N) is 1. The predicted octanol–water partition coefficient (Wildman–Crippen LogP) is 1.46. The van der Waals surface area contributed by atoms with E-state index in [1.807, 2.05) is 49.3 Å². The summed E-state index contributed by atoms with van der Waals surface area (Å²) >= 11 is 0. The largest absolute Gasteiger partial charge is 0.394 e. The number of aromatic nitrogens is 2. The van der Waals surface area contributed by atoms with Gasteiger partial charge in [0, 0.05) is 19.8 Å². The first kappa shape index (κ1) is 17.1. The van der Waals surface area contributed by atoms with E-state index >= 15 is 0 Å². The first-order valence-corrected chi connectivity index (χ1v) is 7.28. The molecule has 0 spiro atoms. The highest BCUT2D eigenvalue weighted by Crippen LogP contribution is 2.25. The van der Waals surface area contributed by atoms with Crippen LogP contribution in [-0.4, -0.2) is 35.6 Å². The Bertz CT molecular complexity index is 834. The Labute approximate surface area is 140 Å². The van der Waals surface area contributed by atoms with Crippen LogP contribution in [0.1, 0.15) is 16.8 Å². The van der Waals surface area contributed by atoms with Crippen LogP contribution in [0.5, 0.6) is 0 Å². The molecule has 7 nitrogen and oxygen atoms in total. The molecule has 1 aromatic heterocycles. The molecule has 2 rings (SSSR count). The van der Waals surface area contributed by atoms with E-state index in [1.54, 1.807) is 6.08 Å². The Hall–Kier alpha value is -3.29. The van der Waals surface area contributed by atoms with Crippen LogP contribution in [0, 0.1) is 22.7 Å². The summed E-state index contributed by atoms with van der Waals surface area (Å²) in [6.45, 7) is 0.00450. The molecule has 0 aliphatic heterocycles. The lowest BCUT2D eigenvalue weighted by atomic mass is 10.1. The zero-order chi connectivity index (χ0) is 17.7. The number of hydrogen-bond acceptors (Lipinski definition) is 6. The predicted molar refractivity (Wildman–Crippen MR) is 92.7 cm³/mol. The van der Waals surface area contributed by atoms with Gasteiger partial charge in [0.25, 0.3) is 0 Å². The second-order valence-electron chi connectivity index (χ2n) is 5.32. The van der Waals surface area contributed by atoms with Gasteiger partial charge in [-0.2, -0.15) is 15.6 Å². The molecule has 0 bridgehead atoms. The minimum atomic E-state index is -0.159. The normalized spacial score (nSPS) is 11.0. The van der Waals surface area contributed by atoms with Gasteiger partial charge in [0.1, 0.15) is 29.2 Å². The summed E-state index contributed by atoms with van der Waals surface area (Å²) in [6.07, 6.45) is 1.66. The molecule has 2 aromatic rings. The van der Waals surface area contributed by atoms with Gasteiger partial charge in [-0.15, -0.1) is 0 Å². The van der Waals surface area contributed by atoms with Gasteiger partial charge in [-0.1, -0.05) is 12.1 Å². The van der Waals surface area contributed by atoms with Gasteiger partial charge in [-0.25, -0.2) is 4.68 Å². The summed E-state index contributed by atoms with van der Waals surface area (Å²) in [5.74, 6) is 0.144. The number of hydrogen-bond donors (Lipinski definition) is 2. The second-order valence-corrected chi connectivity index (χ2v) is 5.32. The van der Waals surface area contributed by atoms with Crippen molar-refractivity contribution in [3.05, 3.63) is 41.1 Å². The third kappa shape index (κ3) is 3.37. The van der Waals surface area contributed by atoms with Crippen LogP contribution in [0.2, 0.25) is 0 Å². The fraction of sp³-hybridized carbons (Fsp3) is 0.235. The second kappa shape index (κ2) is 7.32. The summed E-state index contributed by atoms with van der Waals surface area (Å²) in [5, 5.41) is 32.0. The van der Waals surface area contributed by atoms with Crippen LogP contribution in [-0.2, 0) is 6.54 Å². The third-order valence-electron chi connectivity index (χ3n) is 3.51. The third-order valence-corrected chi connectivity index (χ3v) is 3.51. The number of anilines is 2. The van der Waals surface area contributed by atoms with Gasteiger partial charge in [0.2, 0.25) is 0 Å². The van der Waals surface area contributed by atoms with Gasteiger partial charge < -0.3 is 15.7 Å². The van der Waals surface area contributed by atoms with Gasteiger partial charge in [0.15, 0.2) is 0 Å². The zero-order valence-corrected chi connectivity index (χ0v) is 13.6. The summed E-state index contributed by atoms with van der Waals surface area (Å²) in [5.41, 5.74) is 8.33. The van der Waals surface area contributed by atoms with E-state index < -0.39 is 0 Å². The van der Waals surface area contributed by atoms with Crippen LogP contribution in [0.3, 0.4) is 0 Å². The molecular formula is C17H18N6O. The monoisotopic (exact) mass is 322 g/mol. The van der Waals surface area contributed by atoms with Crippen molar-refractivity contribution >= 4 is 23.2 Å². The minimum absolute atomic E-state index is 0.140. The molecule has 0 saturated heterocycles. The van der Waals surface area contributed by atoms with E-state index in [-0.39, 0.29) is 35.8 Å². The van der Waals surface area contributed by atoms with E-state index in [1.165, 1.54) is 4.68 Å². The van der Waals surface area contributed by atoms with Crippen LogP contribution >= 0.6 is 0 Å². The van der Waals surface area contributed by atoms with Gasteiger partial charge in [-0.3, -0.25) is 0 Å². The van der Waals surface area contributed by atoms with Gasteiger partial charge >= 0.3 is 0 Å². The van der Waals surface area contributed by atoms with Gasteiger partial charge in [0.05, 0.1) is 18.7 Å². The number of benzene rings is 1. The first-order chi connectivity index (χ1) is 11.5. The Kier molecular flexibility index (Phi) is 5.20. The van der Waals surface area contributed by atoms with E-state index in [2.05, 4.69) is 11.2 Å². The molecule has 0 radical (unpaired) electrons. The highest BCUT2D eigenvalue weighted by Gasteiger charge is 2.18. The lowest BCUT2D eigenvalue weighted by Gasteiger charge is -2.11. The molecule has 0 aliphatic carbocycles. The molecule has 24 heavy (non-hydrogen) atoms. The van der Waals surface area contributed by atoms with Crippen molar-refractivity contribution in [1.29, 1.82) is 10.5 Å². The maximum absolute atomic E-state index is 9.46. The van der Waals surface area contributed by atoms with Crippen LogP contribution < -0.4 is 10.6 Å². The fourth-order valence-electron chi connectivity index (χ4n) is 2.23. The fourth-order valence-corrected chi connectivity index (χ4v) is 2.23. The van der Waals surface area contributed by atoms with Crippen molar-refractivity contribution in [3.63, 3.8) is 0 Å². The first-order valence-electron chi connectivity index (χ1n) is 7.28. The number of aliphatic hydroxyl groups excluding tert-OH is 1. The van der Waals surface area contributed by atoms with E-state index in [0.717, 1.165) is 11.3 Å². The molecule has 0 amide bonds. The smallest absolute Gasteiger partial charge is 0.140 e. The molecule has 1 heterocycles. The Morgan fingerprint density at radius 3 is 2.50 bits per heavy atom. The Morgan fingerprint density at radius 1 is 1.33 bits per heavy atom. The molecule has 7 heteroatoms. The van der Waals surface area contributed by atoms with Crippen molar-refractivity contribution in [2.24, 2.45) is 0 Å². The molecule has 0 unspecified atom stereocenters. The molecular weight excluding hydrogens is 304 g/mol. The van der Waals surface area contributed by atoms with Crippen LogP contribution in [0.15, 0.2) is 24.3 Å².